The Morgan fingerprint density at radius 1 is 0.955 bits per heavy atom. The van der Waals surface area contributed by atoms with Crippen LogP contribution in [-0.2, 0) is 23.9 Å². The largest absolute Gasteiger partial charge is 0.497 e. The van der Waals surface area contributed by atoms with Crippen LogP contribution in [0.4, 0.5) is 0 Å². The first kappa shape index (κ1) is 31.2. The number of hydrogen-bond acceptors (Lipinski definition) is 10. The molecule has 0 saturated carbocycles. The summed E-state index contributed by atoms with van der Waals surface area (Å²) in [6, 6.07) is 14.2. The summed E-state index contributed by atoms with van der Waals surface area (Å²) in [5.74, 6) is 0.174. The standard InChI is InChI=1S/C33H37N3O7S/c1-5-42-31(38)22-14-16-35(17-15-22)27(37)18-23-20-44-33-34-29(21-10-8-7-9-11-21)28(32(39)43-6-2)30(36(23)33)25-19-24(40-3)12-13-26(25)41-4/h7-13,19-20,22,30H,5-6,14-18H2,1-4H3. The molecular weight excluding hydrogens is 582 g/mol. The molecular formula is C33H37N3O7S. The van der Waals surface area contributed by atoms with Crippen LogP contribution >= 0.6 is 11.8 Å². The highest BCUT2D eigenvalue weighted by molar-refractivity contribution is 8.16. The second-order valence-corrected chi connectivity index (χ2v) is 11.3. The predicted molar refractivity (Wildman–Crippen MR) is 168 cm³/mol. The van der Waals surface area contributed by atoms with Crippen LogP contribution in [0.3, 0.4) is 0 Å². The minimum Gasteiger partial charge on any atom is -0.497 e. The third-order valence-electron chi connectivity index (χ3n) is 7.88. The van der Waals surface area contributed by atoms with E-state index in [-0.39, 0.29) is 30.8 Å². The van der Waals surface area contributed by atoms with E-state index in [1.54, 1.807) is 45.1 Å². The van der Waals surface area contributed by atoms with Crippen molar-refractivity contribution in [2.75, 3.05) is 40.5 Å². The normalized spacial score (nSPS) is 18.3. The number of hydrogen-bond donors (Lipinski definition) is 0. The van der Waals surface area contributed by atoms with Gasteiger partial charge in [-0.25, -0.2) is 9.79 Å². The van der Waals surface area contributed by atoms with Gasteiger partial charge in [-0.1, -0.05) is 42.1 Å². The number of thioether (sulfide) groups is 1. The highest BCUT2D eigenvalue weighted by Gasteiger charge is 2.44. The van der Waals surface area contributed by atoms with E-state index in [4.69, 9.17) is 23.9 Å². The van der Waals surface area contributed by atoms with Crippen molar-refractivity contribution in [3.05, 3.63) is 76.3 Å². The van der Waals surface area contributed by atoms with Gasteiger partial charge >= 0.3 is 11.9 Å². The maximum absolute atomic E-state index is 13.8. The van der Waals surface area contributed by atoms with E-state index >= 15 is 0 Å². The molecule has 2 aromatic rings. The Kier molecular flexibility index (Phi) is 9.94. The molecule has 5 rings (SSSR count). The number of carbonyl (C=O) groups is 3. The van der Waals surface area contributed by atoms with Crippen LogP contribution in [-0.4, -0.2) is 73.3 Å². The number of piperidine rings is 1. The predicted octanol–water partition coefficient (Wildman–Crippen LogP) is 5.17. The second kappa shape index (κ2) is 14.0. The molecule has 2 aromatic carbocycles. The summed E-state index contributed by atoms with van der Waals surface area (Å²) in [6.45, 7) is 5.03. The van der Waals surface area contributed by atoms with Crippen LogP contribution in [0, 0.1) is 5.92 Å². The van der Waals surface area contributed by atoms with Gasteiger partial charge in [0, 0.05) is 29.9 Å². The Hall–Kier alpha value is -4.25. The van der Waals surface area contributed by atoms with Gasteiger partial charge in [-0.15, -0.1) is 0 Å². The Morgan fingerprint density at radius 2 is 1.68 bits per heavy atom. The Labute approximate surface area is 261 Å². The number of amidine groups is 1. The maximum atomic E-state index is 13.8. The second-order valence-electron chi connectivity index (χ2n) is 10.4. The smallest absolute Gasteiger partial charge is 0.338 e. The van der Waals surface area contributed by atoms with Gasteiger partial charge in [0.2, 0.25) is 5.91 Å². The molecule has 3 aliphatic heterocycles. The van der Waals surface area contributed by atoms with Gasteiger partial charge in [-0.3, -0.25) is 9.59 Å². The molecule has 0 radical (unpaired) electrons. The van der Waals surface area contributed by atoms with Crippen LogP contribution in [0.25, 0.3) is 5.70 Å². The number of rotatable bonds is 10. The average Bonchev–Trinajstić information content (AvgIpc) is 3.46. The molecule has 0 N–H and O–H groups in total. The zero-order valence-electron chi connectivity index (χ0n) is 25.4. The van der Waals surface area contributed by atoms with Gasteiger partial charge in [-0.2, -0.15) is 0 Å². The molecule has 0 aromatic heterocycles. The molecule has 0 spiro atoms. The number of aliphatic imine (C=N–C) groups is 1. The molecule has 0 aliphatic carbocycles. The fourth-order valence-electron chi connectivity index (χ4n) is 5.73. The van der Waals surface area contributed by atoms with Crippen LogP contribution in [0.15, 0.2) is 70.2 Å². The van der Waals surface area contributed by atoms with Gasteiger partial charge in [0.25, 0.3) is 0 Å². The number of methoxy groups -OCH3 is 2. The van der Waals surface area contributed by atoms with Gasteiger partial charge in [0.15, 0.2) is 5.17 Å². The van der Waals surface area contributed by atoms with Crippen molar-refractivity contribution in [2.45, 2.75) is 39.2 Å². The lowest BCUT2D eigenvalue weighted by Crippen LogP contribution is -2.42. The minimum absolute atomic E-state index is 0.0627. The molecule has 1 amide bonds. The third-order valence-corrected chi connectivity index (χ3v) is 8.77. The van der Waals surface area contributed by atoms with Gasteiger partial charge in [0.1, 0.15) is 11.5 Å². The number of nitrogens with zero attached hydrogens (tertiary/aromatic N) is 3. The molecule has 1 atom stereocenters. The number of ether oxygens (including phenoxy) is 4. The van der Waals surface area contributed by atoms with E-state index in [2.05, 4.69) is 0 Å². The monoisotopic (exact) mass is 619 g/mol. The van der Waals surface area contributed by atoms with Gasteiger partial charge in [0.05, 0.1) is 57.1 Å². The number of likely N-dealkylation sites (tertiary alicyclic amines) is 1. The fourth-order valence-corrected chi connectivity index (χ4v) is 6.65. The average molecular weight is 620 g/mol. The molecule has 0 bridgehead atoms. The molecule has 1 saturated heterocycles. The SMILES string of the molecule is CCOC(=O)C1=C(c2ccccc2)N=C2SC=C(CC(=O)N3CCC(C(=O)OCC)CC3)N2C1c1cc(OC)ccc1OC. The molecule has 1 unspecified atom stereocenters. The molecule has 1 fully saturated rings. The topological polar surface area (TPSA) is 107 Å². The summed E-state index contributed by atoms with van der Waals surface area (Å²) in [7, 11) is 3.16. The first-order valence-electron chi connectivity index (χ1n) is 14.8. The number of benzene rings is 2. The number of amides is 1. The Balaban J connectivity index is 1.53. The van der Waals surface area contributed by atoms with Crippen molar-refractivity contribution >= 4 is 40.5 Å². The molecule has 11 heteroatoms. The van der Waals surface area contributed by atoms with E-state index < -0.39 is 12.0 Å². The first-order chi connectivity index (χ1) is 21.4. The van der Waals surface area contributed by atoms with E-state index in [1.165, 1.54) is 11.8 Å². The maximum Gasteiger partial charge on any atom is 0.338 e. The van der Waals surface area contributed by atoms with Gasteiger partial charge in [-0.05, 0) is 50.3 Å². The third kappa shape index (κ3) is 6.33. The van der Waals surface area contributed by atoms with E-state index in [0.717, 1.165) is 5.56 Å². The van der Waals surface area contributed by atoms with Crippen LogP contribution in [0.5, 0.6) is 11.5 Å². The van der Waals surface area contributed by atoms with E-state index in [0.29, 0.717) is 71.7 Å². The lowest BCUT2D eigenvalue weighted by molar-refractivity contribution is -0.151. The van der Waals surface area contributed by atoms with Gasteiger partial charge < -0.3 is 28.7 Å². The summed E-state index contributed by atoms with van der Waals surface area (Å²) in [4.78, 5) is 48.4. The van der Waals surface area contributed by atoms with Crippen molar-refractivity contribution in [1.82, 2.24) is 9.80 Å². The summed E-state index contributed by atoms with van der Waals surface area (Å²) < 4.78 is 22.2. The lowest BCUT2D eigenvalue weighted by Gasteiger charge is -2.38. The van der Waals surface area contributed by atoms with Crippen LogP contribution < -0.4 is 9.47 Å². The minimum atomic E-state index is -0.717. The zero-order valence-corrected chi connectivity index (χ0v) is 26.2. The van der Waals surface area contributed by atoms with Crippen molar-refractivity contribution in [1.29, 1.82) is 0 Å². The zero-order chi connectivity index (χ0) is 31.2. The summed E-state index contributed by atoms with van der Waals surface area (Å²) in [6.07, 6.45) is 1.22. The van der Waals surface area contributed by atoms with Crippen molar-refractivity contribution in [3.63, 3.8) is 0 Å². The van der Waals surface area contributed by atoms with Crippen LogP contribution in [0.2, 0.25) is 0 Å². The van der Waals surface area contributed by atoms with E-state index in [1.807, 2.05) is 46.7 Å². The lowest BCUT2D eigenvalue weighted by atomic mass is 9.90. The molecule has 3 heterocycles. The fraction of sp³-hybridized carbons (Fsp3) is 0.394. The summed E-state index contributed by atoms with van der Waals surface area (Å²) in [5.41, 5.74) is 2.98. The van der Waals surface area contributed by atoms with Crippen molar-refractivity contribution in [2.24, 2.45) is 10.9 Å². The summed E-state index contributed by atoms with van der Waals surface area (Å²) in [5, 5.41) is 2.55. The molecule has 44 heavy (non-hydrogen) atoms. The highest BCUT2D eigenvalue weighted by atomic mass is 32.2. The van der Waals surface area contributed by atoms with Crippen LogP contribution in [0.1, 0.15) is 50.3 Å². The van der Waals surface area contributed by atoms with Crippen molar-refractivity contribution < 1.29 is 33.3 Å². The number of fused-ring (bicyclic) bond motifs is 1. The summed E-state index contributed by atoms with van der Waals surface area (Å²) >= 11 is 1.40. The molecule has 3 aliphatic rings. The molecule has 232 valence electrons. The highest BCUT2D eigenvalue weighted by Crippen LogP contribution is 2.49. The Morgan fingerprint density at radius 3 is 2.34 bits per heavy atom. The Bertz CT molecular complexity index is 1500. The quantitative estimate of drug-likeness (QED) is 0.333. The van der Waals surface area contributed by atoms with E-state index in [9.17, 15) is 14.4 Å². The number of esters is 2. The first-order valence-corrected chi connectivity index (χ1v) is 15.6. The molecule has 10 nitrogen and oxygen atoms in total. The number of carbonyl (C=O) groups excluding carboxylic acids is 3. The van der Waals surface area contributed by atoms with Crippen molar-refractivity contribution in [3.8, 4) is 11.5 Å².